The molecule has 1 aliphatic rings. The fourth-order valence-corrected chi connectivity index (χ4v) is 1.33. The first-order chi connectivity index (χ1) is 3.77. The minimum absolute atomic E-state index is 0.265. The summed E-state index contributed by atoms with van der Waals surface area (Å²) >= 11 is 1.95. The first-order valence-corrected chi connectivity index (χ1v) is 4.14. The highest BCUT2D eigenvalue weighted by Crippen LogP contribution is 2.29. The van der Waals surface area contributed by atoms with E-state index in [2.05, 4.69) is 13.8 Å². The summed E-state index contributed by atoms with van der Waals surface area (Å²) in [5.41, 5.74) is 0.265. The maximum absolute atomic E-state index is 5.18. The molecule has 1 atom stereocenters. The van der Waals surface area contributed by atoms with Gasteiger partial charge in [0.2, 0.25) is 0 Å². The van der Waals surface area contributed by atoms with Crippen LogP contribution in [0, 0.1) is 0 Å². The Morgan fingerprint density at radius 3 is 2.75 bits per heavy atom. The molecule has 0 radical (unpaired) electrons. The molecule has 0 aromatic rings. The van der Waals surface area contributed by atoms with Gasteiger partial charge in [0, 0.05) is 5.75 Å². The summed E-state index contributed by atoms with van der Waals surface area (Å²) in [6, 6.07) is 0. The van der Waals surface area contributed by atoms with Crippen LogP contribution >= 0.6 is 11.8 Å². The predicted molar refractivity (Wildman–Crippen MR) is 37.4 cm³/mol. The van der Waals surface area contributed by atoms with E-state index in [-0.39, 0.29) is 5.60 Å². The zero-order chi connectivity index (χ0) is 6.04. The number of thioether (sulfide) groups is 1. The van der Waals surface area contributed by atoms with E-state index >= 15 is 0 Å². The first kappa shape index (κ1) is 6.43. The highest BCUT2D eigenvalue weighted by molar-refractivity contribution is 7.99. The van der Waals surface area contributed by atoms with Crippen molar-refractivity contribution in [1.29, 1.82) is 0 Å². The van der Waals surface area contributed by atoms with Gasteiger partial charge in [-0.1, -0.05) is 6.92 Å². The van der Waals surface area contributed by atoms with Gasteiger partial charge in [-0.25, -0.2) is 0 Å². The molecule has 1 fully saturated rings. The minimum atomic E-state index is 0.265. The van der Waals surface area contributed by atoms with Gasteiger partial charge in [-0.05, 0) is 12.7 Å². The molecule has 1 saturated heterocycles. The Bertz CT molecular complexity index is 78.6. The van der Waals surface area contributed by atoms with E-state index in [1.165, 1.54) is 11.5 Å². The van der Waals surface area contributed by atoms with Crippen molar-refractivity contribution in [3.8, 4) is 0 Å². The maximum Gasteiger partial charge on any atom is 0.0978 e. The lowest BCUT2D eigenvalue weighted by atomic mass is 10.3. The predicted octanol–water partition coefficient (Wildman–Crippen LogP) is 1.53. The molecule has 1 rings (SSSR count). The van der Waals surface area contributed by atoms with E-state index in [1.807, 2.05) is 11.8 Å². The second-order valence-electron chi connectivity index (χ2n) is 2.38. The van der Waals surface area contributed by atoms with Crippen molar-refractivity contribution >= 4 is 11.8 Å². The quantitative estimate of drug-likeness (QED) is 0.540. The highest BCUT2D eigenvalue weighted by atomic mass is 32.2. The number of ether oxygens (including phenoxy) is 1. The van der Waals surface area contributed by atoms with Crippen molar-refractivity contribution < 1.29 is 4.74 Å². The van der Waals surface area contributed by atoms with E-state index in [1.54, 1.807) is 0 Å². The summed E-state index contributed by atoms with van der Waals surface area (Å²) in [5.74, 6) is 2.38. The Morgan fingerprint density at radius 2 is 2.38 bits per heavy atom. The van der Waals surface area contributed by atoms with Crippen LogP contribution in [-0.2, 0) is 4.74 Å². The first-order valence-electron chi connectivity index (χ1n) is 2.98. The van der Waals surface area contributed by atoms with E-state index in [9.17, 15) is 0 Å². The summed E-state index contributed by atoms with van der Waals surface area (Å²) in [5, 5.41) is 0. The fourth-order valence-electron chi connectivity index (χ4n) is 0.524. The summed E-state index contributed by atoms with van der Waals surface area (Å²) in [7, 11) is 0. The van der Waals surface area contributed by atoms with Crippen LogP contribution in [0.1, 0.15) is 13.8 Å². The van der Waals surface area contributed by atoms with Crippen LogP contribution < -0.4 is 0 Å². The second kappa shape index (κ2) is 2.28. The van der Waals surface area contributed by atoms with Gasteiger partial charge in [-0.3, -0.25) is 0 Å². The van der Waals surface area contributed by atoms with Crippen molar-refractivity contribution in [3.05, 3.63) is 0 Å². The zero-order valence-electron chi connectivity index (χ0n) is 5.44. The molecule has 0 saturated carbocycles. The molecule has 0 spiro atoms. The molecule has 1 aliphatic heterocycles. The van der Waals surface area contributed by atoms with Crippen LogP contribution in [0.4, 0.5) is 0 Å². The molecule has 2 heteroatoms. The number of hydrogen-bond acceptors (Lipinski definition) is 2. The third kappa shape index (κ3) is 1.67. The molecule has 0 aromatic heterocycles. The molecule has 0 aliphatic carbocycles. The average molecular weight is 132 g/mol. The van der Waals surface area contributed by atoms with Crippen molar-refractivity contribution in [1.82, 2.24) is 0 Å². The van der Waals surface area contributed by atoms with Crippen LogP contribution in [0.2, 0.25) is 0 Å². The molecule has 1 heterocycles. The molecule has 0 N–H and O–H groups in total. The topological polar surface area (TPSA) is 12.5 Å². The molecule has 48 valence electrons. The molecule has 1 unspecified atom stereocenters. The largest absolute Gasteiger partial charge is 0.369 e. The highest BCUT2D eigenvalue weighted by Gasteiger charge is 2.38. The van der Waals surface area contributed by atoms with Crippen LogP contribution in [0.3, 0.4) is 0 Å². The normalized spacial score (nSPS) is 35.2. The van der Waals surface area contributed by atoms with Gasteiger partial charge in [0.25, 0.3) is 0 Å². The smallest absolute Gasteiger partial charge is 0.0978 e. The number of hydrogen-bond donors (Lipinski definition) is 0. The Hall–Kier alpha value is 0.310. The van der Waals surface area contributed by atoms with E-state index in [0.717, 1.165) is 6.61 Å². The van der Waals surface area contributed by atoms with Gasteiger partial charge in [0.15, 0.2) is 0 Å². The van der Waals surface area contributed by atoms with Crippen LogP contribution in [0.5, 0.6) is 0 Å². The number of rotatable bonds is 3. The van der Waals surface area contributed by atoms with E-state index < -0.39 is 0 Å². The zero-order valence-corrected chi connectivity index (χ0v) is 6.25. The standard InChI is InChI=1S/C6H12OS/c1-3-8-5-6(2)4-7-6/h3-5H2,1-2H3. The van der Waals surface area contributed by atoms with Crippen molar-refractivity contribution in [2.75, 3.05) is 18.1 Å². The van der Waals surface area contributed by atoms with Gasteiger partial charge in [0.1, 0.15) is 0 Å². The summed E-state index contributed by atoms with van der Waals surface area (Å²) < 4.78 is 5.18. The monoisotopic (exact) mass is 132 g/mol. The van der Waals surface area contributed by atoms with Gasteiger partial charge in [-0.2, -0.15) is 11.8 Å². The minimum Gasteiger partial charge on any atom is -0.369 e. The lowest BCUT2D eigenvalue weighted by molar-refractivity contribution is 0.348. The van der Waals surface area contributed by atoms with Gasteiger partial charge >= 0.3 is 0 Å². The molecule has 0 bridgehead atoms. The molecule has 0 amide bonds. The molecular formula is C6H12OS. The van der Waals surface area contributed by atoms with Crippen LogP contribution in [-0.4, -0.2) is 23.7 Å². The molecule has 0 aromatic carbocycles. The Kier molecular flexibility index (Phi) is 1.83. The SMILES string of the molecule is CCSCC1(C)CO1. The lowest BCUT2D eigenvalue weighted by Gasteiger charge is -1.99. The van der Waals surface area contributed by atoms with Gasteiger partial charge in [-0.15, -0.1) is 0 Å². The van der Waals surface area contributed by atoms with Crippen molar-refractivity contribution in [2.24, 2.45) is 0 Å². The van der Waals surface area contributed by atoms with Crippen molar-refractivity contribution in [2.45, 2.75) is 19.4 Å². The third-order valence-corrected chi connectivity index (χ3v) is 2.47. The average Bonchev–Trinajstić information content (AvgIpc) is 2.45. The van der Waals surface area contributed by atoms with E-state index in [4.69, 9.17) is 4.74 Å². The Balaban J connectivity index is 2.01. The molecule has 8 heavy (non-hydrogen) atoms. The van der Waals surface area contributed by atoms with Gasteiger partial charge in [0.05, 0.1) is 12.2 Å². The fraction of sp³-hybridized carbons (Fsp3) is 1.00. The van der Waals surface area contributed by atoms with Crippen molar-refractivity contribution in [3.63, 3.8) is 0 Å². The number of epoxide rings is 1. The van der Waals surface area contributed by atoms with Gasteiger partial charge < -0.3 is 4.74 Å². The second-order valence-corrected chi connectivity index (χ2v) is 3.65. The summed E-state index contributed by atoms with van der Waals surface area (Å²) in [4.78, 5) is 0. The third-order valence-electron chi connectivity index (χ3n) is 1.25. The van der Waals surface area contributed by atoms with Crippen LogP contribution in [0.15, 0.2) is 0 Å². The summed E-state index contributed by atoms with van der Waals surface area (Å²) in [6.07, 6.45) is 0. The lowest BCUT2D eigenvalue weighted by Crippen LogP contribution is -2.07. The molecular weight excluding hydrogens is 120 g/mol. The van der Waals surface area contributed by atoms with E-state index in [0.29, 0.717) is 0 Å². The van der Waals surface area contributed by atoms with Crippen LogP contribution in [0.25, 0.3) is 0 Å². The summed E-state index contributed by atoms with van der Waals surface area (Å²) in [6.45, 7) is 5.31. The molecule has 1 nitrogen and oxygen atoms in total. The Morgan fingerprint density at radius 1 is 1.75 bits per heavy atom. The Labute approximate surface area is 54.8 Å². The maximum atomic E-state index is 5.18.